The van der Waals surface area contributed by atoms with Gasteiger partial charge in [0.15, 0.2) is 11.6 Å². The number of rotatable bonds is 4. The summed E-state index contributed by atoms with van der Waals surface area (Å²) in [5.41, 5.74) is 2.01. The van der Waals surface area contributed by atoms with Gasteiger partial charge in [-0.25, -0.2) is 9.37 Å². The van der Waals surface area contributed by atoms with Crippen molar-refractivity contribution in [2.75, 3.05) is 11.4 Å². The molecule has 4 rings (SSSR count). The van der Waals surface area contributed by atoms with Crippen LogP contribution in [0.15, 0.2) is 36.5 Å². The summed E-state index contributed by atoms with van der Waals surface area (Å²) in [5, 5.41) is 9.86. The van der Waals surface area contributed by atoms with Crippen molar-refractivity contribution in [3.8, 4) is 0 Å². The Morgan fingerprint density at radius 2 is 1.93 bits per heavy atom. The molecule has 2 heterocycles. The van der Waals surface area contributed by atoms with Crippen LogP contribution in [0, 0.1) is 18.7 Å². The van der Waals surface area contributed by atoms with Crippen molar-refractivity contribution < 1.29 is 19.1 Å². The number of aromatic nitrogens is 1. The van der Waals surface area contributed by atoms with Gasteiger partial charge in [0.2, 0.25) is 5.91 Å². The number of halogens is 2. The topological polar surface area (TPSA) is 73.7 Å². The maximum absolute atomic E-state index is 14.4. The van der Waals surface area contributed by atoms with Crippen LogP contribution in [0.1, 0.15) is 24.0 Å². The van der Waals surface area contributed by atoms with Gasteiger partial charge >= 0.3 is 0 Å². The van der Waals surface area contributed by atoms with Crippen LogP contribution in [-0.4, -0.2) is 45.5 Å². The number of hydrogen-bond acceptors (Lipinski definition) is 4. The van der Waals surface area contributed by atoms with Gasteiger partial charge in [0, 0.05) is 12.7 Å². The summed E-state index contributed by atoms with van der Waals surface area (Å²) in [5.74, 6) is -1.80. The van der Waals surface area contributed by atoms with Gasteiger partial charge in [-0.15, -0.1) is 0 Å². The minimum Gasteiger partial charge on any atom is -0.393 e. The van der Waals surface area contributed by atoms with Crippen molar-refractivity contribution in [1.29, 1.82) is 0 Å². The van der Waals surface area contributed by atoms with E-state index < -0.39 is 18.0 Å². The number of piperazine rings is 1. The Bertz CT molecular complexity index is 947. The van der Waals surface area contributed by atoms with Crippen LogP contribution in [0.3, 0.4) is 0 Å². The van der Waals surface area contributed by atoms with Gasteiger partial charge in [-0.05, 0) is 37.3 Å². The summed E-state index contributed by atoms with van der Waals surface area (Å²) in [6, 6.07) is 8.06. The first-order valence-electron chi connectivity index (χ1n) is 9.49. The van der Waals surface area contributed by atoms with Gasteiger partial charge in [0.25, 0.3) is 5.91 Å². The summed E-state index contributed by atoms with van der Waals surface area (Å²) in [6.07, 6.45) is 1.62. The lowest BCUT2D eigenvalue weighted by Gasteiger charge is -2.47. The molecule has 0 unspecified atom stereocenters. The van der Waals surface area contributed by atoms with E-state index in [1.807, 2.05) is 31.2 Å². The number of amides is 2. The highest BCUT2D eigenvalue weighted by molar-refractivity contribution is 6.30. The van der Waals surface area contributed by atoms with Crippen molar-refractivity contribution in [2.45, 2.75) is 38.5 Å². The molecule has 29 heavy (non-hydrogen) atoms. The molecule has 6 nitrogen and oxygen atoms in total. The van der Waals surface area contributed by atoms with Crippen LogP contribution < -0.4 is 4.90 Å². The van der Waals surface area contributed by atoms with Gasteiger partial charge in [-0.3, -0.25) is 14.5 Å². The monoisotopic (exact) mass is 417 g/mol. The fourth-order valence-electron chi connectivity index (χ4n) is 3.96. The molecule has 0 spiro atoms. The molecule has 1 aromatic heterocycles. The fraction of sp³-hybridized carbons (Fsp3) is 0.381. The van der Waals surface area contributed by atoms with Crippen LogP contribution in [0.2, 0.25) is 5.02 Å². The molecular formula is C21H21ClFN3O3. The zero-order valence-corrected chi connectivity index (χ0v) is 16.6. The first kappa shape index (κ1) is 19.8. The standard InChI is InChI=1S/C21H21ClFN3O3/c1-12-2-4-13(5-3-12)10-25-18(28)11-26(20-17(23)8-15(22)9-24-20)21(29)19(25)14-6-16(27)7-14/h2-5,8-9,14,16,19,27H,6-7,10-11H2,1H3/t14?,16?,19-/m1/s1. The second-order valence-electron chi connectivity index (χ2n) is 7.72. The molecule has 1 N–H and O–H groups in total. The molecule has 0 bridgehead atoms. The molecule has 152 valence electrons. The largest absolute Gasteiger partial charge is 0.393 e. The smallest absolute Gasteiger partial charge is 0.251 e. The highest BCUT2D eigenvalue weighted by Gasteiger charge is 2.48. The number of anilines is 1. The van der Waals surface area contributed by atoms with Gasteiger partial charge in [0.1, 0.15) is 12.6 Å². The van der Waals surface area contributed by atoms with Crippen LogP contribution in [0.5, 0.6) is 0 Å². The molecule has 1 aliphatic heterocycles. The van der Waals surface area contributed by atoms with E-state index in [9.17, 15) is 19.1 Å². The first-order valence-corrected chi connectivity index (χ1v) is 9.87. The van der Waals surface area contributed by atoms with E-state index >= 15 is 0 Å². The molecule has 2 aliphatic rings. The van der Waals surface area contributed by atoms with Crippen LogP contribution >= 0.6 is 11.6 Å². The van der Waals surface area contributed by atoms with Crippen molar-refractivity contribution in [2.24, 2.45) is 5.92 Å². The second-order valence-corrected chi connectivity index (χ2v) is 8.16. The van der Waals surface area contributed by atoms with Crippen LogP contribution in [0.4, 0.5) is 10.2 Å². The molecular weight excluding hydrogens is 397 g/mol. The average Bonchev–Trinajstić information content (AvgIpc) is 2.65. The fourth-order valence-corrected chi connectivity index (χ4v) is 4.10. The van der Waals surface area contributed by atoms with Crippen molar-refractivity contribution in [3.05, 3.63) is 58.5 Å². The minimum absolute atomic E-state index is 0.113. The highest BCUT2D eigenvalue weighted by Crippen LogP contribution is 2.37. The average molecular weight is 418 g/mol. The Morgan fingerprint density at radius 3 is 2.55 bits per heavy atom. The number of aliphatic hydroxyl groups is 1. The van der Waals surface area contributed by atoms with Crippen LogP contribution in [0.25, 0.3) is 0 Å². The molecule has 0 radical (unpaired) electrons. The predicted octanol–water partition coefficient (Wildman–Crippen LogP) is 2.70. The van der Waals surface area contributed by atoms with Crippen molar-refractivity contribution in [1.82, 2.24) is 9.88 Å². The minimum atomic E-state index is -0.766. The Labute approximate surface area is 172 Å². The third-order valence-electron chi connectivity index (χ3n) is 5.58. The van der Waals surface area contributed by atoms with E-state index in [1.54, 1.807) is 4.90 Å². The highest BCUT2D eigenvalue weighted by atomic mass is 35.5. The number of nitrogens with zero attached hydrogens (tertiary/aromatic N) is 3. The Morgan fingerprint density at radius 1 is 1.24 bits per heavy atom. The first-order chi connectivity index (χ1) is 13.8. The zero-order chi connectivity index (χ0) is 20.7. The molecule has 1 aliphatic carbocycles. The van der Waals surface area contributed by atoms with Crippen LogP contribution in [-0.2, 0) is 16.1 Å². The molecule has 2 amide bonds. The predicted molar refractivity (Wildman–Crippen MR) is 106 cm³/mol. The number of pyridine rings is 1. The van der Waals surface area contributed by atoms with Crippen molar-refractivity contribution in [3.63, 3.8) is 0 Å². The summed E-state index contributed by atoms with van der Waals surface area (Å²) in [6.45, 7) is 1.97. The zero-order valence-electron chi connectivity index (χ0n) is 15.9. The van der Waals surface area contributed by atoms with E-state index in [0.29, 0.717) is 12.8 Å². The van der Waals surface area contributed by atoms with Crippen molar-refractivity contribution >= 4 is 29.2 Å². The number of carbonyl (C=O) groups is 2. The molecule has 1 saturated carbocycles. The number of benzene rings is 1. The quantitative estimate of drug-likeness (QED) is 0.830. The third-order valence-corrected chi connectivity index (χ3v) is 5.79. The summed E-state index contributed by atoms with van der Waals surface area (Å²) >= 11 is 5.76. The molecule has 1 saturated heterocycles. The lowest BCUT2D eigenvalue weighted by Crippen LogP contribution is -2.64. The van der Waals surface area contributed by atoms with Gasteiger partial charge in [-0.1, -0.05) is 41.4 Å². The maximum Gasteiger partial charge on any atom is 0.251 e. The number of carbonyl (C=O) groups excluding carboxylic acids is 2. The number of hydrogen-bond donors (Lipinski definition) is 1. The number of aryl methyl sites for hydroxylation is 1. The third kappa shape index (κ3) is 3.84. The molecule has 1 aromatic carbocycles. The normalized spacial score (nSPS) is 24.6. The lowest BCUT2D eigenvalue weighted by atomic mass is 9.75. The van der Waals surface area contributed by atoms with E-state index in [2.05, 4.69) is 4.98 Å². The Hall–Kier alpha value is -2.51. The Balaban J connectivity index is 1.65. The summed E-state index contributed by atoms with van der Waals surface area (Å²) in [4.78, 5) is 32.9. The summed E-state index contributed by atoms with van der Waals surface area (Å²) < 4.78 is 14.4. The molecule has 1 atom stereocenters. The number of aliphatic hydroxyl groups excluding tert-OH is 1. The summed E-state index contributed by atoms with van der Waals surface area (Å²) in [7, 11) is 0. The van der Waals surface area contributed by atoms with E-state index in [-0.39, 0.29) is 41.7 Å². The van der Waals surface area contributed by atoms with E-state index in [4.69, 9.17) is 11.6 Å². The van der Waals surface area contributed by atoms with Gasteiger partial charge in [-0.2, -0.15) is 0 Å². The molecule has 2 fully saturated rings. The van der Waals surface area contributed by atoms with Gasteiger partial charge in [0.05, 0.1) is 11.1 Å². The maximum atomic E-state index is 14.4. The second kappa shape index (κ2) is 7.72. The Kier molecular flexibility index (Phi) is 5.27. The molecule has 8 heteroatoms. The molecule has 2 aromatic rings. The SMILES string of the molecule is Cc1ccc(CN2C(=O)CN(c3ncc(Cl)cc3F)C(=O)[C@H]2C2CC(O)C2)cc1. The lowest BCUT2D eigenvalue weighted by molar-refractivity contribution is -0.149. The van der Waals surface area contributed by atoms with E-state index in [0.717, 1.165) is 22.1 Å². The van der Waals surface area contributed by atoms with E-state index in [1.165, 1.54) is 6.20 Å². The van der Waals surface area contributed by atoms with Gasteiger partial charge < -0.3 is 10.0 Å².